The highest BCUT2D eigenvalue weighted by molar-refractivity contribution is 7.08. The zero-order valence-corrected chi connectivity index (χ0v) is 13.9. The number of carbonyl (C=O) groups excluding carboxylic acids is 1. The van der Waals surface area contributed by atoms with E-state index in [4.69, 9.17) is 0 Å². The summed E-state index contributed by atoms with van der Waals surface area (Å²) in [6.07, 6.45) is 6.52. The van der Waals surface area contributed by atoms with Crippen molar-refractivity contribution >= 4 is 28.3 Å². The molecule has 0 saturated carbocycles. The molecular formula is C18H13N5OS. The smallest absolute Gasteiger partial charge is 0.251 e. The molecule has 0 aliphatic rings. The van der Waals surface area contributed by atoms with Gasteiger partial charge in [-0.2, -0.15) is 11.3 Å². The van der Waals surface area contributed by atoms with E-state index in [0.29, 0.717) is 17.6 Å². The van der Waals surface area contributed by atoms with Gasteiger partial charge in [-0.15, -0.1) is 0 Å². The largest absolute Gasteiger partial charge is 0.346 e. The molecule has 0 spiro atoms. The van der Waals surface area contributed by atoms with Crippen LogP contribution in [0.5, 0.6) is 0 Å². The summed E-state index contributed by atoms with van der Waals surface area (Å²) in [5.74, 6) is -0.186. The zero-order chi connectivity index (χ0) is 17.1. The average Bonchev–Trinajstić information content (AvgIpc) is 3.20. The van der Waals surface area contributed by atoms with Gasteiger partial charge in [-0.25, -0.2) is 0 Å². The van der Waals surface area contributed by atoms with E-state index in [-0.39, 0.29) is 5.91 Å². The standard InChI is InChI=1S/C18H13N5OS/c24-18(12-1-2-14-15(9-12)20-5-4-19-14)23-10-16-17(22-7-6-21-16)13-3-8-25-11-13/h1-9,11H,10H2,(H,23,24). The topological polar surface area (TPSA) is 80.7 Å². The minimum atomic E-state index is -0.186. The molecule has 6 nitrogen and oxygen atoms in total. The number of nitrogens with one attached hydrogen (secondary N) is 1. The number of nitrogens with zero attached hydrogens (tertiary/aromatic N) is 4. The Labute approximate surface area is 147 Å². The molecule has 4 rings (SSSR count). The van der Waals surface area contributed by atoms with E-state index in [9.17, 15) is 4.79 Å². The van der Waals surface area contributed by atoms with Crippen molar-refractivity contribution < 1.29 is 4.79 Å². The van der Waals surface area contributed by atoms with Crippen LogP contribution in [0.15, 0.2) is 59.8 Å². The van der Waals surface area contributed by atoms with Gasteiger partial charge >= 0.3 is 0 Å². The third-order valence-corrected chi connectivity index (χ3v) is 4.40. The number of carbonyl (C=O) groups is 1. The van der Waals surface area contributed by atoms with E-state index in [1.165, 1.54) is 0 Å². The average molecular weight is 347 g/mol. The van der Waals surface area contributed by atoms with Crippen LogP contribution in [0.2, 0.25) is 0 Å². The Hall–Kier alpha value is -3.19. The van der Waals surface area contributed by atoms with Gasteiger partial charge in [-0.05, 0) is 29.6 Å². The highest BCUT2D eigenvalue weighted by Crippen LogP contribution is 2.22. The molecule has 3 aromatic heterocycles. The summed E-state index contributed by atoms with van der Waals surface area (Å²) < 4.78 is 0. The van der Waals surface area contributed by atoms with Gasteiger partial charge in [0.2, 0.25) is 0 Å². The van der Waals surface area contributed by atoms with Crippen LogP contribution in [0.3, 0.4) is 0 Å². The van der Waals surface area contributed by atoms with Gasteiger partial charge in [-0.1, -0.05) is 0 Å². The monoisotopic (exact) mass is 347 g/mol. The molecule has 0 aliphatic heterocycles. The SMILES string of the molecule is O=C(NCc1nccnc1-c1ccsc1)c1ccc2nccnc2c1. The Morgan fingerprint density at radius 2 is 1.76 bits per heavy atom. The molecule has 0 fully saturated rings. The maximum absolute atomic E-state index is 12.5. The van der Waals surface area contributed by atoms with E-state index in [0.717, 1.165) is 22.5 Å². The van der Waals surface area contributed by atoms with Gasteiger partial charge in [0.15, 0.2) is 0 Å². The van der Waals surface area contributed by atoms with Crippen LogP contribution >= 0.6 is 11.3 Å². The van der Waals surface area contributed by atoms with E-state index in [1.54, 1.807) is 54.3 Å². The predicted octanol–water partition coefficient (Wildman–Crippen LogP) is 3.08. The second kappa shape index (κ2) is 6.74. The number of hydrogen-bond acceptors (Lipinski definition) is 6. The fraction of sp³-hybridized carbons (Fsp3) is 0.0556. The van der Waals surface area contributed by atoms with Crippen molar-refractivity contribution in [1.29, 1.82) is 0 Å². The van der Waals surface area contributed by atoms with Gasteiger partial charge in [0.25, 0.3) is 5.91 Å². The van der Waals surface area contributed by atoms with Gasteiger partial charge in [-0.3, -0.25) is 24.7 Å². The number of thiophene rings is 1. The molecule has 25 heavy (non-hydrogen) atoms. The van der Waals surface area contributed by atoms with Gasteiger partial charge < -0.3 is 5.32 Å². The molecule has 0 aliphatic carbocycles. The molecule has 7 heteroatoms. The normalized spacial score (nSPS) is 10.7. The Bertz CT molecular complexity index is 1030. The lowest BCUT2D eigenvalue weighted by atomic mass is 10.1. The van der Waals surface area contributed by atoms with Crippen molar-refractivity contribution in [2.24, 2.45) is 0 Å². The summed E-state index contributed by atoms with van der Waals surface area (Å²) in [6.45, 7) is 0.302. The summed E-state index contributed by atoms with van der Waals surface area (Å²) in [6, 6.07) is 7.25. The fourth-order valence-corrected chi connectivity index (χ4v) is 3.15. The van der Waals surface area contributed by atoms with E-state index < -0.39 is 0 Å². The van der Waals surface area contributed by atoms with E-state index in [1.807, 2.05) is 16.8 Å². The summed E-state index contributed by atoms with van der Waals surface area (Å²) in [4.78, 5) is 29.6. The van der Waals surface area contributed by atoms with Crippen LogP contribution in [-0.2, 0) is 6.54 Å². The molecule has 122 valence electrons. The number of rotatable bonds is 4. The Morgan fingerprint density at radius 3 is 2.60 bits per heavy atom. The molecule has 1 aromatic carbocycles. The number of hydrogen-bond donors (Lipinski definition) is 1. The van der Waals surface area contributed by atoms with Crippen LogP contribution < -0.4 is 5.32 Å². The fourth-order valence-electron chi connectivity index (χ4n) is 2.51. The van der Waals surface area contributed by atoms with E-state index in [2.05, 4.69) is 25.3 Å². The van der Waals surface area contributed by atoms with Crippen LogP contribution in [0, 0.1) is 0 Å². The minimum Gasteiger partial charge on any atom is -0.346 e. The van der Waals surface area contributed by atoms with Crippen LogP contribution in [0.1, 0.15) is 16.1 Å². The van der Waals surface area contributed by atoms with Gasteiger partial charge in [0.1, 0.15) is 0 Å². The van der Waals surface area contributed by atoms with Gasteiger partial charge in [0.05, 0.1) is 29.0 Å². The van der Waals surface area contributed by atoms with Crippen LogP contribution in [0.4, 0.5) is 0 Å². The van der Waals surface area contributed by atoms with E-state index >= 15 is 0 Å². The van der Waals surface area contributed by atoms with Crippen molar-refractivity contribution in [3.8, 4) is 11.3 Å². The summed E-state index contributed by atoms with van der Waals surface area (Å²) >= 11 is 1.60. The summed E-state index contributed by atoms with van der Waals surface area (Å²) in [7, 11) is 0. The minimum absolute atomic E-state index is 0.186. The lowest BCUT2D eigenvalue weighted by Gasteiger charge is -2.08. The molecule has 3 heterocycles. The quantitative estimate of drug-likeness (QED) is 0.613. The maximum atomic E-state index is 12.5. The number of fused-ring (bicyclic) bond motifs is 1. The molecule has 0 radical (unpaired) electrons. The second-order valence-corrected chi connectivity index (χ2v) is 6.09. The second-order valence-electron chi connectivity index (χ2n) is 5.31. The van der Waals surface area contributed by atoms with Crippen LogP contribution in [-0.4, -0.2) is 25.8 Å². The molecule has 1 amide bonds. The first-order valence-corrected chi connectivity index (χ1v) is 8.57. The molecule has 0 saturated heterocycles. The van der Waals surface area contributed by atoms with Crippen molar-refractivity contribution in [2.45, 2.75) is 6.54 Å². The third-order valence-electron chi connectivity index (χ3n) is 3.72. The highest BCUT2D eigenvalue weighted by atomic mass is 32.1. The van der Waals surface area contributed by atoms with Crippen molar-refractivity contribution in [3.63, 3.8) is 0 Å². The third kappa shape index (κ3) is 3.22. The molecule has 0 bridgehead atoms. The number of benzene rings is 1. The predicted molar refractivity (Wildman–Crippen MR) is 96.1 cm³/mol. The van der Waals surface area contributed by atoms with Gasteiger partial charge in [0, 0.05) is 41.3 Å². The molecule has 1 N–H and O–H groups in total. The lowest BCUT2D eigenvalue weighted by molar-refractivity contribution is 0.0950. The molecular weight excluding hydrogens is 334 g/mol. The van der Waals surface area contributed by atoms with Crippen molar-refractivity contribution in [2.75, 3.05) is 0 Å². The molecule has 4 aromatic rings. The number of aromatic nitrogens is 4. The molecule has 0 atom stereocenters. The first kappa shape index (κ1) is 15.3. The Kier molecular flexibility index (Phi) is 4.14. The lowest BCUT2D eigenvalue weighted by Crippen LogP contribution is -2.23. The highest BCUT2D eigenvalue weighted by Gasteiger charge is 2.11. The Morgan fingerprint density at radius 1 is 0.960 bits per heavy atom. The summed E-state index contributed by atoms with van der Waals surface area (Å²) in [5, 5.41) is 6.90. The molecule has 0 unspecified atom stereocenters. The zero-order valence-electron chi connectivity index (χ0n) is 13.1. The Balaban J connectivity index is 1.54. The van der Waals surface area contributed by atoms with Crippen molar-refractivity contribution in [1.82, 2.24) is 25.3 Å². The van der Waals surface area contributed by atoms with Crippen molar-refractivity contribution in [3.05, 3.63) is 71.1 Å². The summed E-state index contributed by atoms with van der Waals surface area (Å²) in [5.41, 5.74) is 4.50. The first-order valence-electron chi connectivity index (χ1n) is 7.63. The number of amides is 1. The first-order chi connectivity index (χ1) is 12.3. The van der Waals surface area contributed by atoms with Crippen LogP contribution in [0.25, 0.3) is 22.3 Å². The maximum Gasteiger partial charge on any atom is 0.251 e.